The zero-order chi connectivity index (χ0) is 29.1. The highest BCUT2D eigenvalue weighted by Gasteiger charge is 2.43. The number of alkyl carbamates (subject to hydrolysis) is 1. The van der Waals surface area contributed by atoms with Crippen LogP contribution in [0.2, 0.25) is 0 Å². The Morgan fingerprint density at radius 3 is 2.11 bits per heavy atom. The van der Waals surface area contributed by atoms with Crippen molar-refractivity contribution in [2.45, 2.75) is 117 Å². The number of aryl methyl sites for hydroxylation is 1. The van der Waals surface area contributed by atoms with E-state index in [0.717, 1.165) is 24.8 Å². The largest absolute Gasteiger partial charge is 0.444 e. The molecule has 1 rings (SSSR count). The quantitative estimate of drug-likeness (QED) is 0.303. The molecular weight excluding hydrogens is 484 g/mol. The second kappa shape index (κ2) is 14.7. The van der Waals surface area contributed by atoms with Gasteiger partial charge in [0, 0.05) is 18.5 Å². The Kier molecular flexibility index (Phi) is 12.8. The molecule has 0 aliphatic carbocycles. The van der Waals surface area contributed by atoms with E-state index in [2.05, 4.69) is 17.6 Å². The molecule has 1 aromatic rings. The molecule has 0 saturated heterocycles. The lowest BCUT2D eigenvalue weighted by molar-refractivity contribution is -0.149. The second-order valence-electron chi connectivity index (χ2n) is 11.4. The number of amides is 4. The minimum Gasteiger partial charge on any atom is -0.444 e. The third-order valence-corrected chi connectivity index (χ3v) is 6.40. The number of carbonyl (C=O) groups excluding carboxylic acids is 4. The zero-order valence-electron chi connectivity index (χ0n) is 24.5. The third kappa shape index (κ3) is 10.7. The van der Waals surface area contributed by atoms with E-state index in [1.807, 2.05) is 52.0 Å². The number of primary amides is 1. The van der Waals surface area contributed by atoms with Crippen molar-refractivity contribution in [3.8, 4) is 0 Å². The first kappa shape index (κ1) is 32.9. The summed E-state index contributed by atoms with van der Waals surface area (Å²) in [7, 11) is 0. The summed E-state index contributed by atoms with van der Waals surface area (Å²) in [6, 6.07) is 5.42. The summed E-state index contributed by atoms with van der Waals surface area (Å²) in [6.45, 7) is 15.4. The number of ether oxygens (including phenoxy) is 1. The number of nitrogens with zero attached hydrogens (tertiary/aromatic N) is 1. The van der Waals surface area contributed by atoms with E-state index in [4.69, 9.17) is 10.5 Å². The van der Waals surface area contributed by atoms with Gasteiger partial charge in [-0.15, -0.1) is 0 Å². The Balaban J connectivity index is 3.56. The molecule has 0 aliphatic rings. The van der Waals surface area contributed by atoms with Gasteiger partial charge in [-0.25, -0.2) is 4.79 Å². The van der Waals surface area contributed by atoms with Crippen LogP contribution < -0.4 is 16.4 Å². The smallest absolute Gasteiger partial charge is 0.408 e. The van der Waals surface area contributed by atoms with E-state index in [9.17, 15) is 19.2 Å². The average molecular weight is 533 g/mol. The number of carbonyl (C=O) groups is 4. The number of unbranched alkanes of at least 4 members (excludes halogenated alkanes) is 2. The minimum atomic E-state index is -1.12. The molecule has 38 heavy (non-hydrogen) atoms. The van der Waals surface area contributed by atoms with Gasteiger partial charge in [-0.05, 0) is 66.4 Å². The van der Waals surface area contributed by atoms with Gasteiger partial charge in [0.25, 0.3) is 0 Å². The standard InChI is InChI=1S/C29H48N4O5/c1-9-11-12-19-31-25(35)24(21-15-13-20(3)14-16-21)33(29(7,8)10-2)26(36)22(17-18-23(30)34)32-27(37)38-28(4,5)6/h13-16,22,24H,9-12,17-19H2,1-8H3,(H2,30,34)(H,31,35)(H,32,37). The van der Waals surface area contributed by atoms with Crippen molar-refractivity contribution in [3.63, 3.8) is 0 Å². The number of hydrogen-bond donors (Lipinski definition) is 3. The number of nitrogens with two attached hydrogens (primary N) is 1. The Bertz CT molecular complexity index is 937. The first-order valence-corrected chi connectivity index (χ1v) is 13.6. The summed E-state index contributed by atoms with van der Waals surface area (Å²) in [5.74, 6) is -1.39. The summed E-state index contributed by atoms with van der Waals surface area (Å²) in [5, 5.41) is 5.63. The lowest BCUT2D eigenvalue weighted by atomic mass is 9.91. The molecule has 214 valence electrons. The summed E-state index contributed by atoms with van der Waals surface area (Å²) in [4.78, 5) is 53.8. The predicted octanol–water partition coefficient (Wildman–Crippen LogP) is 4.52. The van der Waals surface area contributed by atoms with Crippen LogP contribution in [0.4, 0.5) is 4.79 Å². The molecule has 1 aromatic carbocycles. The molecule has 0 aliphatic heterocycles. The van der Waals surface area contributed by atoms with Gasteiger partial charge in [-0.2, -0.15) is 0 Å². The third-order valence-electron chi connectivity index (χ3n) is 6.40. The Morgan fingerprint density at radius 1 is 1.00 bits per heavy atom. The Labute approximate surface area is 228 Å². The summed E-state index contributed by atoms with van der Waals surface area (Å²) >= 11 is 0. The molecule has 2 unspecified atom stereocenters. The maximum absolute atomic E-state index is 14.2. The summed E-state index contributed by atoms with van der Waals surface area (Å²) in [6.07, 6.45) is 2.43. The highest BCUT2D eigenvalue weighted by atomic mass is 16.6. The first-order valence-electron chi connectivity index (χ1n) is 13.6. The van der Waals surface area contributed by atoms with E-state index >= 15 is 0 Å². The van der Waals surface area contributed by atoms with E-state index in [0.29, 0.717) is 18.5 Å². The van der Waals surface area contributed by atoms with Crippen LogP contribution in [0.25, 0.3) is 0 Å². The zero-order valence-corrected chi connectivity index (χ0v) is 24.5. The van der Waals surface area contributed by atoms with E-state index in [-0.39, 0.29) is 18.7 Å². The molecule has 4 N–H and O–H groups in total. The summed E-state index contributed by atoms with van der Waals surface area (Å²) in [5.41, 5.74) is 5.51. The number of benzene rings is 1. The van der Waals surface area contributed by atoms with Crippen LogP contribution in [-0.2, 0) is 19.1 Å². The fourth-order valence-corrected chi connectivity index (χ4v) is 3.96. The van der Waals surface area contributed by atoms with Crippen molar-refractivity contribution >= 4 is 23.8 Å². The molecule has 4 amide bonds. The molecule has 0 radical (unpaired) electrons. The summed E-state index contributed by atoms with van der Waals surface area (Å²) < 4.78 is 5.38. The molecular formula is C29H48N4O5. The maximum atomic E-state index is 14.2. The molecule has 9 heteroatoms. The van der Waals surface area contributed by atoms with Crippen molar-refractivity contribution < 1.29 is 23.9 Å². The van der Waals surface area contributed by atoms with Crippen LogP contribution in [0.3, 0.4) is 0 Å². The monoisotopic (exact) mass is 532 g/mol. The van der Waals surface area contributed by atoms with Crippen LogP contribution in [0.15, 0.2) is 24.3 Å². The molecule has 0 bridgehead atoms. The van der Waals surface area contributed by atoms with Crippen molar-refractivity contribution in [3.05, 3.63) is 35.4 Å². The van der Waals surface area contributed by atoms with Crippen LogP contribution in [0.1, 0.15) is 104 Å². The first-order chi connectivity index (χ1) is 17.6. The van der Waals surface area contributed by atoms with Gasteiger partial charge in [0.15, 0.2) is 0 Å². The van der Waals surface area contributed by atoms with Gasteiger partial charge >= 0.3 is 6.09 Å². The van der Waals surface area contributed by atoms with Crippen molar-refractivity contribution in [2.75, 3.05) is 6.54 Å². The van der Waals surface area contributed by atoms with E-state index < -0.39 is 41.1 Å². The van der Waals surface area contributed by atoms with E-state index in [1.165, 1.54) is 4.90 Å². The molecule has 0 fully saturated rings. The molecule has 2 atom stereocenters. The Morgan fingerprint density at radius 2 is 1.61 bits per heavy atom. The van der Waals surface area contributed by atoms with Gasteiger partial charge in [0.2, 0.25) is 17.7 Å². The van der Waals surface area contributed by atoms with Crippen molar-refractivity contribution in [1.82, 2.24) is 15.5 Å². The molecule has 9 nitrogen and oxygen atoms in total. The number of rotatable bonds is 14. The highest BCUT2D eigenvalue weighted by Crippen LogP contribution is 2.33. The second-order valence-corrected chi connectivity index (χ2v) is 11.4. The van der Waals surface area contributed by atoms with Crippen molar-refractivity contribution in [1.29, 1.82) is 0 Å². The lowest BCUT2D eigenvalue weighted by Gasteiger charge is -2.44. The van der Waals surface area contributed by atoms with Gasteiger partial charge in [-0.3, -0.25) is 14.4 Å². The van der Waals surface area contributed by atoms with Crippen LogP contribution in [0, 0.1) is 6.92 Å². The molecule has 0 heterocycles. The fraction of sp³-hybridized carbons (Fsp3) is 0.655. The number of nitrogens with one attached hydrogen (secondary N) is 2. The van der Waals surface area contributed by atoms with Crippen LogP contribution in [-0.4, -0.2) is 52.4 Å². The SMILES string of the molecule is CCCCCNC(=O)C(c1ccc(C)cc1)N(C(=O)C(CCC(N)=O)NC(=O)OC(C)(C)C)C(C)(C)CC. The van der Waals surface area contributed by atoms with Gasteiger partial charge in [-0.1, -0.05) is 56.5 Å². The Hall–Kier alpha value is -3.10. The molecule has 0 aromatic heterocycles. The fourth-order valence-electron chi connectivity index (χ4n) is 3.96. The average Bonchev–Trinajstić information content (AvgIpc) is 2.81. The number of hydrogen-bond acceptors (Lipinski definition) is 5. The van der Waals surface area contributed by atoms with Crippen LogP contribution in [0.5, 0.6) is 0 Å². The maximum Gasteiger partial charge on any atom is 0.408 e. The minimum absolute atomic E-state index is 0.0254. The normalized spacial score (nSPS) is 13.3. The van der Waals surface area contributed by atoms with E-state index in [1.54, 1.807) is 20.8 Å². The van der Waals surface area contributed by atoms with Crippen LogP contribution >= 0.6 is 0 Å². The van der Waals surface area contributed by atoms with Gasteiger partial charge in [0.1, 0.15) is 17.7 Å². The lowest BCUT2D eigenvalue weighted by Crippen LogP contribution is -2.59. The topological polar surface area (TPSA) is 131 Å². The van der Waals surface area contributed by atoms with Gasteiger partial charge < -0.3 is 26.0 Å². The van der Waals surface area contributed by atoms with Gasteiger partial charge in [0.05, 0.1) is 0 Å². The predicted molar refractivity (Wildman–Crippen MR) is 149 cm³/mol. The molecule has 0 spiro atoms. The van der Waals surface area contributed by atoms with Crippen molar-refractivity contribution in [2.24, 2.45) is 5.73 Å². The molecule has 0 saturated carbocycles. The highest BCUT2D eigenvalue weighted by molar-refractivity contribution is 5.93.